The van der Waals surface area contributed by atoms with E-state index in [1.54, 1.807) is 39.8 Å². The Balaban J connectivity index is 2.95. The number of carbonyl (C=O) groups excluding carboxylic acids is 2. The Bertz CT molecular complexity index is 1060. The van der Waals surface area contributed by atoms with E-state index in [1.165, 1.54) is 12.1 Å². The number of esters is 2. The van der Waals surface area contributed by atoms with Crippen LogP contribution in [-0.2, 0) is 23.2 Å². The fourth-order valence-electron chi connectivity index (χ4n) is 2.70. The van der Waals surface area contributed by atoms with Crippen LogP contribution in [0.5, 0.6) is 11.5 Å². The molecule has 0 heterocycles. The smallest absolute Gasteiger partial charge is 0.365 e. The van der Waals surface area contributed by atoms with E-state index >= 15 is 0 Å². The first-order valence-corrected chi connectivity index (χ1v) is 11.3. The fourth-order valence-corrected chi connectivity index (χ4v) is 4.95. The van der Waals surface area contributed by atoms with Gasteiger partial charge in [-0.25, -0.2) is 9.59 Å². The SMILES string of the molecule is C=CC(=O)Oc1cc(P(=O)(OC(C)C)OC(C)C)c(OC(=O)C=C)c2ccc(Cl)cc12. The van der Waals surface area contributed by atoms with E-state index in [4.69, 9.17) is 30.1 Å². The number of fused-ring (bicyclic) bond motifs is 1. The highest BCUT2D eigenvalue weighted by atomic mass is 35.5. The van der Waals surface area contributed by atoms with Gasteiger partial charge in [0.2, 0.25) is 0 Å². The molecule has 9 heteroatoms. The minimum atomic E-state index is -4.04. The molecule has 0 radical (unpaired) electrons. The summed E-state index contributed by atoms with van der Waals surface area (Å²) in [7, 11) is -4.04. The van der Waals surface area contributed by atoms with Gasteiger partial charge in [-0.2, -0.15) is 0 Å². The molecule has 0 spiro atoms. The standard InChI is InChI=1S/C22H24ClO7P/c1-7-20(24)27-18-12-19(31(26,29-13(3)4)30-14(5)6)22(28-21(25)8-2)16-10-9-15(23)11-17(16)18/h7-14H,1-2H2,3-6H3. The molecule has 0 aromatic heterocycles. The number of hydrogen-bond acceptors (Lipinski definition) is 7. The summed E-state index contributed by atoms with van der Waals surface area (Å²) in [5, 5.41) is 0.923. The molecule has 0 fully saturated rings. The zero-order valence-corrected chi connectivity index (χ0v) is 19.4. The Morgan fingerprint density at radius 1 is 0.935 bits per heavy atom. The molecule has 0 bridgehead atoms. The summed E-state index contributed by atoms with van der Waals surface area (Å²) < 4.78 is 36.1. The summed E-state index contributed by atoms with van der Waals surface area (Å²) in [6.07, 6.45) is 0.964. The molecule has 7 nitrogen and oxygen atoms in total. The third kappa shape index (κ3) is 6.05. The molecular weight excluding hydrogens is 443 g/mol. The van der Waals surface area contributed by atoms with E-state index in [2.05, 4.69) is 13.2 Å². The highest BCUT2D eigenvalue weighted by Crippen LogP contribution is 2.54. The molecule has 0 saturated carbocycles. The van der Waals surface area contributed by atoms with Gasteiger partial charge < -0.3 is 18.5 Å². The lowest BCUT2D eigenvalue weighted by molar-refractivity contribution is -0.129. The summed E-state index contributed by atoms with van der Waals surface area (Å²) in [5.74, 6) is -1.57. The molecule has 0 aliphatic carbocycles. The predicted molar refractivity (Wildman–Crippen MR) is 120 cm³/mol. The maximum Gasteiger partial charge on any atom is 0.365 e. The van der Waals surface area contributed by atoms with E-state index in [-0.39, 0.29) is 16.8 Å². The molecule has 0 atom stereocenters. The second kappa shape index (κ2) is 10.2. The van der Waals surface area contributed by atoms with Crippen molar-refractivity contribution in [2.75, 3.05) is 0 Å². The zero-order chi connectivity index (χ0) is 23.3. The van der Waals surface area contributed by atoms with Crippen LogP contribution in [-0.4, -0.2) is 24.1 Å². The van der Waals surface area contributed by atoms with Crippen LogP contribution < -0.4 is 14.8 Å². The van der Waals surface area contributed by atoms with Gasteiger partial charge in [-0.3, -0.25) is 4.57 Å². The number of rotatable bonds is 9. The van der Waals surface area contributed by atoms with E-state index < -0.39 is 31.7 Å². The lowest BCUT2D eigenvalue weighted by Crippen LogP contribution is -2.21. The maximum absolute atomic E-state index is 13.9. The van der Waals surface area contributed by atoms with Gasteiger partial charge in [-0.1, -0.05) is 24.8 Å². The first-order chi connectivity index (χ1) is 14.5. The normalized spacial score (nSPS) is 11.6. The third-order valence-corrected chi connectivity index (χ3v) is 6.29. The Hall–Kier alpha value is -2.44. The first kappa shape index (κ1) is 24.8. The molecule has 0 amide bonds. The topological polar surface area (TPSA) is 88.1 Å². The van der Waals surface area contributed by atoms with Gasteiger partial charge in [-0.05, 0) is 45.9 Å². The van der Waals surface area contributed by atoms with E-state index in [0.29, 0.717) is 15.8 Å². The van der Waals surface area contributed by atoms with E-state index in [1.807, 2.05) is 0 Å². The van der Waals surface area contributed by atoms with Gasteiger partial charge in [0.1, 0.15) is 11.1 Å². The monoisotopic (exact) mass is 466 g/mol. The van der Waals surface area contributed by atoms with Crippen molar-refractivity contribution in [3.05, 3.63) is 54.6 Å². The maximum atomic E-state index is 13.9. The molecule has 2 aromatic carbocycles. The van der Waals surface area contributed by atoms with Crippen LogP contribution in [0.1, 0.15) is 27.7 Å². The highest BCUT2D eigenvalue weighted by molar-refractivity contribution is 7.62. The van der Waals surface area contributed by atoms with Gasteiger partial charge in [0.15, 0.2) is 5.75 Å². The van der Waals surface area contributed by atoms with Crippen molar-refractivity contribution in [3.63, 3.8) is 0 Å². The third-order valence-electron chi connectivity index (χ3n) is 3.73. The zero-order valence-electron chi connectivity index (χ0n) is 17.7. The lowest BCUT2D eigenvalue weighted by Gasteiger charge is -2.25. The number of benzene rings is 2. The number of carbonyl (C=O) groups is 2. The molecule has 0 N–H and O–H groups in total. The second-order valence-electron chi connectivity index (χ2n) is 6.97. The molecule has 2 aromatic rings. The summed E-state index contributed by atoms with van der Waals surface area (Å²) in [4.78, 5) is 24.0. The Labute approximate surface area is 186 Å². The van der Waals surface area contributed by atoms with Crippen LogP contribution in [0.4, 0.5) is 0 Å². The average molecular weight is 467 g/mol. The predicted octanol–water partition coefficient (Wildman–Crippen LogP) is 5.34. The van der Waals surface area contributed by atoms with Gasteiger partial charge in [0, 0.05) is 34.0 Å². The Kier molecular flexibility index (Phi) is 8.21. The number of hydrogen-bond donors (Lipinski definition) is 0. The van der Waals surface area contributed by atoms with E-state index in [0.717, 1.165) is 12.2 Å². The van der Waals surface area contributed by atoms with Crippen molar-refractivity contribution in [2.24, 2.45) is 0 Å². The molecule has 0 aliphatic rings. The second-order valence-corrected chi connectivity index (χ2v) is 9.30. The van der Waals surface area contributed by atoms with Gasteiger partial charge in [0.05, 0.1) is 12.2 Å². The van der Waals surface area contributed by atoms with Crippen molar-refractivity contribution in [2.45, 2.75) is 39.9 Å². The average Bonchev–Trinajstić information content (AvgIpc) is 2.67. The van der Waals surface area contributed by atoms with E-state index in [9.17, 15) is 14.2 Å². The highest BCUT2D eigenvalue weighted by Gasteiger charge is 2.36. The first-order valence-electron chi connectivity index (χ1n) is 9.43. The van der Waals surface area contributed by atoms with Crippen molar-refractivity contribution < 1.29 is 32.7 Å². The molecule has 2 rings (SSSR count). The summed E-state index contributed by atoms with van der Waals surface area (Å²) in [5.41, 5.74) is 0. The summed E-state index contributed by atoms with van der Waals surface area (Å²) in [6, 6.07) is 5.91. The van der Waals surface area contributed by atoms with Crippen LogP contribution >= 0.6 is 19.2 Å². The van der Waals surface area contributed by atoms with Crippen molar-refractivity contribution in [1.82, 2.24) is 0 Å². The molecule has 0 unspecified atom stereocenters. The molecule has 0 saturated heterocycles. The van der Waals surface area contributed by atoms with Crippen LogP contribution in [0.25, 0.3) is 10.8 Å². The van der Waals surface area contributed by atoms with Crippen molar-refractivity contribution >= 4 is 47.2 Å². The van der Waals surface area contributed by atoms with Gasteiger partial charge in [0.25, 0.3) is 0 Å². The Morgan fingerprint density at radius 3 is 2.00 bits per heavy atom. The minimum Gasteiger partial charge on any atom is -0.423 e. The van der Waals surface area contributed by atoms with Crippen LogP contribution in [0.2, 0.25) is 5.02 Å². The summed E-state index contributed by atoms with van der Waals surface area (Å²) >= 11 is 6.13. The molecule has 166 valence electrons. The van der Waals surface area contributed by atoms with Crippen molar-refractivity contribution in [1.29, 1.82) is 0 Å². The fraction of sp³-hybridized carbons (Fsp3) is 0.273. The van der Waals surface area contributed by atoms with Crippen LogP contribution in [0.3, 0.4) is 0 Å². The minimum absolute atomic E-state index is 0.0238. The van der Waals surface area contributed by atoms with Gasteiger partial charge >= 0.3 is 19.5 Å². The van der Waals surface area contributed by atoms with Gasteiger partial charge in [-0.15, -0.1) is 0 Å². The number of ether oxygens (including phenoxy) is 2. The van der Waals surface area contributed by atoms with Crippen molar-refractivity contribution in [3.8, 4) is 11.5 Å². The van der Waals surface area contributed by atoms with Crippen LogP contribution in [0, 0.1) is 0 Å². The molecular formula is C22H24ClO7P. The number of halogens is 1. The largest absolute Gasteiger partial charge is 0.423 e. The Morgan fingerprint density at radius 2 is 1.48 bits per heavy atom. The molecule has 0 aliphatic heterocycles. The summed E-state index contributed by atoms with van der Waals surface area (Å²) in [6.45, 7) is 13.5. The quantitative estimate of drug-likeness (QED) is 0.213. The molecule has 31 heavy (non-hydrogen) atoms. The van der Waals surface area contributed by atoms with Crippen LogP contribution in [0.15, 0.2) is 49.6 Å². The lowest BCUT2D eigenvalue weighted by atomic mass is 10.1.